The van der Waals surface area contributed by atoms with E-state index in [0.717, 1.165) is 22.3 Å². The third-order valence-corrected chi connectivity index (χ3v) is 3.97. The molecule has 0 atom stereocenters. The summed E-state index contributed by atoms with van der Waals surface area (Å²) in [4.78, 5) is 12.4. The number of amides is 1. The molecule has 1 aromatic rings. The first-order chi connectivity index (χ1) is 8.66. The molecule has 2 rings (SSSR count). The molecule has 0 bridgehead atoms. The molecule has 0 radical (unpaired) electrons. The van der Waals surface area contributed by atoms with Gasteiger partial charge in [0, 0.05) is 16.4 Å². The van der Waals surface area contributed by atoms with Crippen molar-refractivity contribution in [1.82, 2.24) is 5.32 Å². The van der Waals surface area contributed by atoms with Gasteiger partial charge in [-0.25, -0.2) is 0 Å². The quantitative estimate of drug-likeness (QED) is 0.811. The van der Waals surface area contributed by atoms with Crippen LogP contribution in [-0.2, 0) is 9.53 Å². The van der Waals surface area contributed by atoms with Crippen molar-refractivity contribution < 1.29 is 9.53 Å². The maximum Gasteiger partial charge on any atom is 0.256 e. The number of piperidine rings is 1. The lowest BCUT2D eigenvalue weighted by atomic mass is 9.91. The number of carbonyl (C=O) groups is 1. The van der Waals surface area contributed by atoms with Crippen LogP contribution < -0.4 is 10.6 Å². The standard InChI is InChI=1S/C13H17IN2O2/c1-18-13(5-7-15-8-6-13)12(17)16-11-4-2-3-10(14)9-11/h2-4,9,15H,5-8H2,1H3,(H,16,17). The Bertz CT molecular complexity index is 431. The summed E-state index contributed by atoms with van der Waals surface area (Å²) >= 11 is 2.23. The highest BCUT2D eigenvalue weighted by Gasteiger charge is 2.39. The zero-order valence-electron chi connectivity index (χ0n) is 10.3. The van der Waals surface area contributed by atoms with Crippen LogP contribution >= 0.6 is 22.6 Å². The van der Waals surface area contributed by atoms with Crippen molar-refractivity contribution in [1.29, 1.82) is 0 Å². The Kier molecular flexibility index (Phi) is 4.58. The lowest BCUT2D eigenvalue weighted by Gasteiger charge is -2.34. The van der Waals surface area contributed by atoms with Crippen LogP contribution in [0.3, 0.4) is 0 Å². The Morgan fingerprint density at radius 2 is 2.17 bits per heavy atom. The van der Waals surface area contributed by atoms with Crippen molar-refractivity contribution >= 4 is 34.2 Å². The molecule has 1 fully saturated rings. The molecule has 1 aromatic carbocycles. The molecule has 4 nitrogen and oxygen atoms in total. The van der Waals surface area contributed by atoms with Gasteiger partial charge in [-0.05, 0) is 66.7 Å². The summed E-state index contributed by atoms with van der Waals surface area (Å²) < 4.78 is 6.59. The molecule has 5 heteroatoms. The highest BCUT2D eigenvalue weighted by molar-refractivity contribution is 14.1. The summed E-state index contributed by atoms with van der Waals surface area (Å²) in [7, 11) is 1.61. The number of hydrogen-bond acceptors (Lipinski definition) is 3. The van der Waals surface area contributed by atoms with Gasteiger partial charge in [0.25, 0.3) is 5.91 Å². The number of halogens is 1. The summed E-state index contributed by atoms with van der Waals surface area (Å²) in [6.45, 7) is 1.63. The van der Waals surface area contributed by atoms with E-state index in [0.29, 0.717) is 12.8 Å². The second kappa shape index (κ2) is 5.99. The minimum Gasteiger partial charge on any atom is -0.368 e. The molecule has 98 valence electrons. The molecule has 1 saturated heterocycles. The first kappa shape index (κ1) is 13.8. The number of ether oxygens (including phenoxy) is 1. The number of methoxy groups -OCH3 is 1. The molecule has 18 heavy (non-hydrogen) atoms. The van der Waals surface area contributed by atoms with Crippen LogP contribution in [0.1, 0.15) is 12.8 Å². The first-order valence-corrected chi connectivity index (χ1v) is 7.07. The Balaban J connectivity index is 2.10. The van der Waals surface area contributed by atoms with Gasteiger partial charge >= 0.3 is 0 Å². The van der Waals surface area contributed by atoms with Crippen LogP contribution in [0.5, 0.6) is 0 Å². The monoisotopic (exact) mass is 360 g/mol. The maximum absolute atomic E-state index is 12.4. The summed E-state index contributed by atoms with van der Waals surface area (Å²) in [5.41, 5.74) is 0.133. The predicted molar refractivity (Wildman–Crippen MR) is 79.6 cm³/mol. The fraction of sp³-hybridized carbons (Fsp3) is 0.462. The molecule has 1 aliphatic rings. The van der Waals surface area contributed by atoms with Gasteiger partial charge in [0.2, 0.25) is 0 Å². The van der Waals surface area contributed by atoms with Gasteiger partial charge in [-0.3, -0.25) is 4.79 Å². The minimum atomic E-state index is -0.688. The van der Waals surface area contributed by atoms with Crippen LogP contribution in [0.2, 0.25) is 0 Å². The van der Waals surface area contributed by atoms with Gasteiger partial charge in [-0.1, -0.05) is 6.07 Å². The van der Waals surface area contributed by atoms with E-state index in [1.165, 1.54) is 0 Å². The molecule has 2 N–H and O–H groups in total. The molecule has 0 unspecified atom stereocenters. The SMILES string of the molecule is COC1(C(=O)Nc2cccc(I)c2)CCNCC1. The van der Waals surface area contributed by atoms with E-state index < -0.39 is 5.60 Å². The van der Waals surface area contributed by atoms with E-state index in [1.54, 1.807) is 7.11 Å². The number of anilines is 1. The van der Waals surface area contributed by atoms with Crippen molar-refractivity contribution in [3.63, 3.8) is 0 Å². The van der Waals surface area contributed by atoms with Crippen LogP contribution in [0, 0.1) is 3.57 Å². The van der Waals surface area contributed by atoms with E-state index in [9.17, 15) is 4.79 Å². The van der Waals surface area contributed by atoms with Gasteiger partial charge in [-0.2, -0.15) is 0 Å². The Labute approximate surface area is 121 Å². The number of carbonyl (C=O) groups excluding carboxylic acids is 1. The third kappa shape index (κ3) is 3.02. The molecule has 0 aromatic heterocycles. The highest BCUT2D eigenvalue weighted by Crippen LogP contribution is 2.24. The number of benzene rings is 1. The van der Waals surface area contributed by atoms with Crippen molar-refractivity contribution in [2.24, 2.45) is 0 Å². The van der Waals surface area contributed by atoms with Crippen LogP contribution in [0.4, 0.5) is 5.69 Å². The lowest BCUT2D eigenvalue weighted by molar-refractivity contribution is -0.140. The average molecular weight is 360 g/mol. The first-order valence-electron chi connectivity index (χ1n) is 5.99. The predicted octanol–water partition coefficient (Wildman–Crippen LogP) is 2.00. The summed E-state index contributed by atoms with van der Waals surface area (Å²) in [6.07, 6.45) is 1.42. The number of hydrogen-bond donors (Lipinski definition) is 2. The molecular formula is C13H17IN2O2. The zero-order valence-corrected chi connectivity index (χ0v) is 12.5. The van der Waals surface area contributed by atoms with Crippen LogP contribution in [0.25, 0.3) is 0 Å². The van der Waals surface area contributed by atoms with E-state index >= 15 is 0 Å². The Hall–Kier alpha value is -0.660. The molecule has 0 saturated carbocycles. The minimum absolute atomic E-state index is 0.0477. The normalized spacial score (nSPS) is 18.3. The van der Waals surface area contributed by atoms with Crippen LogP contribution in [0.15, 0.2) is 24.3 Å². The highest BCUT2D eigenvalue weighted by atomic mass is 127. The molecular weight excluding hydrogens is 343 g/mol. The molecule has 0 spiro atoms. The Morgan fingerprint density at radius 1 is 1.44 bits per heavy atom. The van der Waals surface area contributed by atoms with E-state index in [2.05, 4.69) is 33.2 Å². The smallest absolute Gasteiger partial charge is 0.256 e. The molecule has 1 amide bonds. The lowest BCUT2D eigenvalue weighted by Crippen LogP contribution is -2.51. The van der Waals surface area contributed by atoms with Crippen LogP contribution in [-0.4, -0.2) is 31.7 Å². The molecule has 1 heterocycles. The topological polar surface area (TPSA) is 50.4 Å². The van der Waals surface area contributed by atoms with Crippen molar-refractivity contribution in [3.8, 4) is 0 Å². The fourth-order valence-electron chi connectivity index (χ4n) is 2.17. The van der Waals surface area contributed by atoms with Crippen molar-refractivity contribution in [2.45, 2.75) is 18.4 Å². The van der Waals surface area contributed by atoms with Gasteiger partial charge in [0.05, 0.1) is 0 Å². The fourth-order valence-corrected chi connectivity index (χ4v) is 2.71. The third-order valence-electron chi connectivity index (χ3n) is 3.30. The van der Waals surface area contributed by atoms with E-state index in [-0.39, 0.29) is 5.91 Å². The van der Waals surface area contributed by atoms with Gasteiger partial charge in [0.15, 0.2) is 0 Å². The largest absolute Gasteiger partial charge is 0.368 e. The van der Waals surface area contributed by atoms with E-state index in [1.807, 2.05) is 24.3 Å². The number of rotatable bonds is 3. The Morgan fingerprint density at radius 3 is 2.78 bits per heavy atom. The zero-order chi connectivity index (χ0) is 13.0. The van der Waals surface area contributed by atoms with Gasteiger partial charge in [0.1, 0.15) is 5.60 Å². The van der Waals surface area contributed by atoms with Gasteiger partial charge in [-0.15, -0.1) is 0 Å². The second-order valence-corrected chi connectivity index (χ2v) is 5.66. The second-order valence-electron chi connectivity index (χ2n) is 4.41. The van der Waals surface area contributed by atoms with Gasteiger partial charge < -0.3 is 15.4 Å². The van der Waals surface area contributed by atoms with Crippen molar-refractivity contribution in [2.75, 3.05) is 25.5 Å². The molecule has 0 aliphatic carbocycles. The van der Waals surface area contributed by atoms with Crippen molar-refractivity contribution in [3.05, 3.63) is 27.8 Å². The number of nitrogens with one attached hydrogen (secondary N) is 2. The summed E-state index contributed by atoms with van der Waals surface area (Å²) in [5, 5.41) is 6.19. The molecule has 1 aliphatic heterocycles. The maximum atomic E-state index is 12.4. The summed E-state index contributed by atoms with van der Waals surface area (Å²) in [5.74, 6) is -0.0477. The van der Waals surface area contributed by atoms with E-state index in [4.69, 9.17) is 4.74 Å². The average Bonchev–Trinajstić information content (AvgIpc) is 2.39. The summed E-state index contributed by atoms with van der Waals surface area (Å²) in [6, 6.07) is 7.76.